The predicted octanol–water partition coefficient (Wildman–Crippen LogP) is 0.994. The molecule has 0 fully saturated rings. The summed E-state index contributed by atoms with van der Waals surface area (Å²) in [4.78, 5) is 19.1. The van der Waals surface area contributed by atoms with Gasteiger partial charge in [-0.3, -0.25) is 0 Å². The van der Waals surface area contributed by atoms with Crippen LogP contribution >= 0.6 is 11.8 Å². The van der Waals surface area contributed by atoms with Gasteiger partial charge in [0.15, 0.2) is 0 Å². The number of ether oxygens (including phenoxy) is 2. The third-order valence-electron chi connectivity index (χ3n) is 1.51. The van der Waals surface area contributed by atoms with E-state index < -0.39 is 5.97 Å². The second-order valence-corrected chi connectivity index (χ2v) is 3.07. The molecule has 1 aromatic rings. The Morgan fingerprint density at radius 3 is 2.71 bits per heavy atom. The van der Waals surface area contributed by atoms with Gasteiger partial charge in [0.1, 0.15) is 10.6 Å². The van der Waals surface area contributed by atoms with Crippen molar-refractivity contribution in [2.45, 2.75) is 5.03 Å². The van der Waals surface area contributed by atoms with Gasteiger partial charge >= 0.3 is 12.0 Å². The van der Waals surface area contributed by atoms with Gasteiger partial charge in [-0.1, -0.05) is 0 Å². The zero-order chi connectivity index (χ0) is 10.6. The minimum atomic E-state index is -0.447. The molecule has 0 saturated carbocycles. The summed E-state index contributed by atoms with van der Waals surface area (Å²) < 4.78 is 9.42. The van der Waals surface area contributed by atoms with E-state index in [0.29, 0.717) is 10.6 Å². The first-order valence-electron chi connectivity index (χ1n) is 3.76. The molecular formula is C8H10N2O3S. The van der Waals surface area contributed by atoms with Crippen molar-refractivity contribution in [3.05, 3.63) is 11.8 Å². The smallest absolute Gasteiger partial charge is 0.342 e. The summed E-state index contributed by atoms with van der Waals surface area (Å²) in [7, 11) is 2.79. The van der Waals surface area contributed by atoms with Gasteiger partial charge in [0.25, 0.3) is 0 Å². The second kappa shape index (κ2) is 4.80. The lowest BCUT2D eigenvalue weighted by atomic mass is 10.3. The van der Waals surface area contributed by atoms with Gasteiger partial charge in [0.2, 0.25) is 0 Å². The van der Waals surface area contributed by atoms with E-state index in [4.69, 9.17) is 4.74 Å². The van der Waals surface area contributed by atoms with Crippen LogP contribution in [-0.2, 0) is 4.74 Å². The van der Waals surface area contributed by atoms with Crippen LogP contribution in [0.25, 0.3) is 0 Å². The first kappa shape index (κ1) is 10.8. The SMILES string of the molecule is COC(=O)c1cnc(OC)nc1SC. The summed E-state index contributed by atoms with van der Waals surface area (Å²) in [5.74, 6) is -0.447. The van der Waals surface area contributed by atoms with Crippen LogP contribution in [-0.4, -0.2) is 36.4 Å². The molecule has 0 radical (unpaired) electrons. The zero-order valence-electron chi connectivity index (χ0n) is 8.10. The maximum Gasteiger partial charge on any atom is 0.342 e. The molecule has 6 heteroatoms. The summed E-state index contributed by atoms with van der Waals surface area (Å²) in [6.45, 7) is 0. The Bertz CT molecular complexity index is 343. The minimum Gasteiger partial charge on any atom is -0.467 e. The van der Waals surface area contributed by atoms with Gasteiger partial charge in [0.05, 0.1) is 14.2 Å². The number of hydrogen-bond donors (Lipinski definition) is 0. The molecule has 14 heavy (non-hydrogen) atoms. The highest BCUT2D eigenvalue weighted by atomic mass is 32.2. The monoisotopic (exact) mass is 214 g/mol. The quantitative estimate of drug-likeness (QED) is 0.425. The maximum absolute atomic E-state index is 11.2. The number of methoxy groups -OCH3 is 2. The van der Waals surface area contributed by atoms with Crippen LogP contribution in [0, 0.1) is 0 Å². The van der Waals surface area contributed by atoms with E-state index >= 15 is 0 Å². The third-order valence-corrected chi connectivity index (χ3v) is 2.21. The summed E-state index contributed by atoms with van der Waals surface area (Å²) in [6, 6.07) is 0.238. The van der Waals surface area contributed by atoms with Crippen LogP contribution in [0.5, 0.6) is 6.01 Å². The number of nitrogens with zero attached hydrogens (tertiary/aromatic N) is 2. The van der Waals surface area contributed by atoms with E-state index in [1.54, 1.807) is 0 Å². The molecule has 76 valence electrons. The second-order valence-electron chi connectivity index (χ2n) is 2.27. The molecule has 0 spiro atoms. The Hall–Kier alpha value is -1.30. The molecule has 0 N–H and O–H groups in total. The van der Waals surface area contributed by atoms with E-state index in [-0.39, 0.29) is 6.01 Å². The Labute approximate surface area is 85.8 Å². The average Bonchev–Trinajstić information content (AvgIpc) is 2.27. The Kier molecular flexibility index (Phi) is 3.70. The molecule has 0 saturated heterocycles. The third kappa shape index (κ3) is 2.14. The molecule has 0 amide bonds. The molecule has 0 aliphatic carbocycles. The average molecular weight is 214 g/mol. The normalized spacial score (nSPS) is 9.64. The number of carbonyl (C=O) groups is 1. The largest absolute Gasteiger partial charge is 0.467 e. The van der Waals surface area contributed by atoms with Gasteiger partial charge in [0, 0.05) is 6.20 Å². The number of rotatable bonds is 3. The summed E-state index contributed by atoms with van der Waals surface area (Å²) in [6.07, 6.45) is 3.21. The maximum atomic E-state index is 11.2. The molecule has 5 nitrogen and oxygen atoms in total. The van der Waals surface area contributed by atoms with E-state index in [1.807, 2.05) is 6.26 Å². The van der Waals surface area contributed by atoms with Crippen molar-refractivity contribution in [3.63, 3.8) is 0 Å². The zero-order valence-corrected chi connectivity index (χ0v) is 8.92. The van der Waals surface area contributed by atoms with Crippen LogP contribution in [0.3, 0.4) is 0 Å². The molecule has 1 heterocycles. The Morgan fingerprint density at radius 2 is 2.21 bits per heavy atom. The molecule has 1 aromatic heterocycles. The van der Waals surface area contributed by atoms with E-state index in [0.717, 1.165) is 0 Å². The highest BCUT2D eigenvalue weighted by Crippen LogP contribution is 2.19. The first-order valence-corrected chi connectivity index (χ1v) is 4.98. The van der Waals surface area contributed by atoms with E-state index in [1.165, 1.54) is 32.2 Å². The van der Waals surface area contributed by atoms with Crippen molar-refractivity contribution >= 4 is 17.7 Å². The summed E-state index contributed by atoms with van der Waals surface area (Å²) >= 11 is 1.34. The summed E-state index contributed by atoms with van der Waals surface area (Å²) in [5, 5.41) is 0.545. The highest BCUT2D eigenvalue weighted by Gasteiger charge is 2.14. The lowest BCUT2D eigenvalue weighted by Gasteiger charge is -2.04. The molecule has 1 rings (SSSR count). The summed E-state index contributed by atoms with van der Waals surface area (Å²) in [5.41, 5.74) is 0.348. The van der Waals surface area contributed by atoms with Crippen molar-refractivity contribution in [2.75, 3.05) is 20.5 Å². The fourth-order valence-corrected chi connectivity index (χ4v) is 1.38. The number of aromatic nitrogens is 2. The van der Waals surface area contributed by atoms with Gasteiger partial charge in [-0.2, -0.15) is 4.98 Å². The van der Waals surface area contributed by atoms with Gasteiger partial charge in [-0.15, -0.1) is 11.8 Å². The Balaban J connectivity index is 3.11. The van der Waals surface area contributed by atoms with Gasteiger partial charge < -0.3 is 9.47 Å². The van der Waals surface area contributed by atoms with Crippen molar-refractivity contribution in [3.8, 4) is 6.01 Å². The van der Waals surface area contributed by atoms with E-state index in [9.17, 15) is 4.79 Å². The lowest BCUT2D eigenvalue weighted by Crippen LogP contribution is -2.06. The molecule has 0 atom stereocenters. The van der Waals surface area contributed by atoms with Crippen LogP contribution < -0.4 is 4.74 Å². The molecule has 0 bridgehead atoms. The molecule has 0 aliphatic rings. The molecule has 0 aromatic carbocycles. The standard InChI is InChI=1S/C8H10N2O3S/c1-12-7(11)5-4-9-8(13-2)10-6(5)14-3/h4H,1-3H3. The fraction of sp³-hybridized carbons (Fsp3) is 0.375. The van der Waals surface area contributed by atoms with Crippen molar-refractivity contribution in [2.24, 2.45) is 0 Å². The number of thioether (sulfide) groups is 1. The fourth-order valence-electron chi connectivity index (χ4n) is 0.855. The van der Waals surface area contributed by atoms with Crippen LogP contribution in [0.1, 0.15) is 10.4 Å². The van der Waals surface area contributed by atoms with Crippen LogP contribution in [0.15, 0.2) is 11.2 Å². The lowest BCUT2D eigenvalue weighted by molar-refractivity contribution is 0.0595. The van der Waals surface area contributed by atoms with E-state index in [2.05, 4.69) is 14.7 Å². The predicted molar refractivity (Wildman–Crippen MR) is 51.7 cm³/mol. The molecule has 0 aliphatic heterocycles. The Morgan fingerprint density at radius 1 is 1.50 bits per heavy atom. The van der Waals surface area contributed by atoms with Crippen molar-refractivity contribution < 1.29 is 14.3 Å². The number of carbonyl (C=O) groups excluding carboxylic acids is 1. The molecule has 0 unspecified atom stereocenters. The minimum absolute atomic E-state index is 0.238. The topological polar surface area (TPSA) is 61.3 Å². The van der Waals surface area contributed by atoms with Gasteiger partial charge in [-0.05, 0) is 6.26 Å². The van der Waals surface area contributed by atoms with Gasteiger partial charge in [-0.25, -0.2) is 9.78 Å². The molecular weight excluding hydrogens is 204 g/mol. The van der Waals surface area contributed by atoms with Crippen molar-refractivity contribution in [1.82, 2.24) is 9.97 Å². The van der Waals surface area contributed by atoms with Crippen molar-refractivity contribution in [1.29, 1.82) is 0 Å². The van der Waals surface area contributed by atoms with Crippen LogP contribution in [0.2, 0.25) is 0 Å². The highest BCUT2D eigenvalue weighted by molar-refractivity contribution is 7.98. The number of esters is 1. The number of hydrogen-bond acceptors (Lipinski definition) is 6. The first-order chi connectivity index (χ1) is 6.72. The van der Waals surface area contributed by atoms with Crippen LogP contribution in [0.4, 0.5) is 0 Å².